The zero-order chi connectivity index (χ0) is 15.3. The zero-order valence-corrected chi connectivity index (χ0v) is 14.6. The number of hydrogen-bond donors (Lipinski definition) is 1. The molecule has 1 aromatic heterocycles. The van der Waals surface area contributed by atoms with Gasteiger partial charge in [-0.25, -0.2) is 13.4 Å². The molecule has 1 heterocycles. The topological polar surface area (TPSA) is 59.1 Å². The van der Waals surface area contributed by atoms with Crippen LogP contribution in [0, 0.1) is 0 Å². The first kappa shape index (κ1) is 15.4. The fourth-order valence-electron chi connectivity index (χ4n) is 3.37. The largest absolute Gasteiger partial charge is 0.302 e. The number of nitrogens with one attached hydrogen (secondary N) is 1. The number of hydrogen-bond acceptors (Lipinski definition) is 5. The van der Waals surface area contributed by atoms with Crippen LogP contribution < -0.4 is 5.32 Å². The summed E-state index contributed by atoms with van der Waals surface area (Å²) < 4.78 is 24.6. The van der Waals surface area contributed by atoms with Crippen molar-refractivity contribution in [1.82, 2.24) is 10.3 Å². The van der Waals surface area contributed by atoms with Crippen LogP contribution in [0.25, 0.3) is 0 Å². The maximum atomic E-state index is 12.3. The SMILES string of the molecule is CC(C)c1csc(C2(NC3CC3)CCCC2S(C)(=O)=O)n1. The van der Waals surface area contributed by atoms with Crippen molar-refractivity contribution in [2.24, 2.45) is 0 Å². The van der Waals surface area contributed by atoms with Gasteiger partial charge in [0.15, 0.2) is 9.84 Å². The Bertz CT molecular complexity index is 619. The molecule has 0 bridgehead atoms. The first-order chi connectivity index (χ1) is 9.83. The molecule has 0 aliphatic heterocycles. The summed E-state index contributed by atoms with van der Waals surface area (Å²) in [5.41, 5.74) is 0.623. The molecule has 2 aliphatic carbocycles. The maximum absolute atomic E-state index is 12.3. The molecule has 4 nitrogen and oxygen atoms in total. The first-order valence-corrected chi connectivity index (χ1v) is 10.6. The van der Waals surface area contributed by atoms with E-state index in [4.69, 9.17) is 4.98 Å². The lowest BCUT2D eigenvalue weighted by Crippen LogP contribution is -2.52. The van der Waals surface area contributed by atoms with Gasteiger partial charge in [0.2, 0.25) is 0 Å². The summed E-state index contributed by atoms with van der Waals surface area (Å²) in [5, 5.41) is 6.39. The van der Waals surface area contributed by atoms with Crippen molar-refractivity contribution in [2.75, 3.05) is 6.26 Å². The second-order valence-electron chi connectivity index (χ2n) is 6.83. The van der Waals surface area contributed by atoms with Crippen molar-refractivity contribution in [3.63, 3.8) is 0 Å². The van der Waals surface area contributed by atoms with E-state index in [2.05, 4.69) is 24.5 Å². The predicted octanol–water partition coefficient (Wildman–Crippen LogP) is 2.81. The van der Waals surface area contributed by atoms with Crippen LogP contribution in [0.4, 0.5) is 0 Å². The van der Waals surface area contributed by atoms with Gasteiger partial charge in [-0.1, -0.05) is 13.8 Å². The summed E-state index contributed by atoms with van der Waals surface area (Å²) in [7, 11) is -3.08. The fourth-order valence-corrected chi connectivity index (χ4v) is 6.30. The molecule has 3 rings (SSSR count). The highest BCUT2D eigenvalue weighted by molar-refractivity contribution is 7.91. The molecule has 1 aromatic rings. The van der Waals surface area contributed by atoms with E-state index in [-0.39, 0.29) is 5.25 Å². The average molecular weight is 329 g/mol. The van der Waals surface area contributed by atoms with Crippen LogP contribution in [0.3, 0.4) is 0 Å². The van der Waals surface area contributed by atoms with E-state index in [1.807, 2.05) is 0 Å². The van der Waals surface area contributed by atoms with E-state index in [0.717, 1.165) is 42.8 Å². The lowest BCUT2D eigenvalue weighted by atomic mass is 9.97. The average Bonchev–Trinajstić information content (AvgIpc) is 2.92. The first-order valence-electron chi connectivity index (χ1n) is 7.75. The highest BCUT2D eigenvalue weighted by atomic mass is 32.2. The Morgan fingerprint density at radius 3 is 2.62 bits per heavy atom. The Labute approximate surface area is 131 Å². The lowest BCUT2D eigenvalue weighted by Gasteiger charge is -2.34. The molecule has 2 atom stereocenters. The molecule has 0 spiro atoms. The molecule has 0 saturated heterocycles. The smallest absolute Gasteiger partial charge is 0.152 e. The van der Waals surface area contributed by atoms with E-state index in [1.54, 1.807) is 11.3 Å². The van der Waals surface area contributed by atoms with Gasteiger partial charge in [0, 0.05) is 17.7 Å². The second-order valence-corrected chi connectivity index (χ2v) is 9.92. The zero-order valence-electron chi connectivity index (χ0n) is 12.9. The minimum Gasteiger partial charge on any atom is -0.302 e. The Balaban J connectivity index is 2.03. The molecule has 1 N–H and O–H groups in total. The summed E-state index contributed by atoms with van der Waals surface area (Å²) >= 11 is 1.63. The van der Waals surface area contributed by atoms with Gasteiger partial charge in [0.1, 0.15) is 5.01 Å². The number of sulfone groups is 1. The Kier molecular flexibility index (Phi) is 3.91. The number of rotatable bonds is 5. The molecule has 0 amide bonds. The Hall–Kier alpha value is -0.460. The fraction of sp³-hybridized carbons (Fsp3) is 0.800. The number of nitrogens with zero attached hydrogens (tertiary/aromatic N) is 1. The minimum absolute atomic E-state index is 0.336. The van der Waals surface area contributed by atoms with Gasteiger partial charge in [-0.05, 0) is 38.0 Å². The van der Waals surface area contributed by atoms with Gasteiger partial charge in [-0.15, -0.1) is 11.3 Å². The van der Waals surface area contributed by atoms with Crippen LogP contribution in [-0.4, -0.2) is 30.9 Å². The molecule has 6 heteroatoms. The van der Waals surface area contributed by atoms with Crippen molar-refractivity contribution in [1.29, 1.82) is 0 Å². The van der Waals surface area contributed by atoms with Crippen molar-refractivity contribution in [3.05, 3.63) is 16.1 Å². The van der Waals surface area contributed by atoms with Gasteiger partial charge < -0.3 is 5.32 Å². The molecule has 2 fully saturated rings. The molecule has 2 aliphatic rings. The van der Waals surface area contributed by atoms with Gasteiger partial charge in [0.05, 0.1) is 16.5 Å². The quantitative estimate of drug-likeness (QED) is 0.903. The van der Waals surface area contributed by atoms with Crippen LogP contribution in [0.2, 0.25) is 0 Å². The highest BCUT2D eigenvalue weighted by Gasteiger charge is 2.53. The third-order valence-electron chi connectivity index (χ3n) is 4.64. The normalized spacial score (nSPS) is 30.2. The molecular weight excluding hydrogens is 304 g/mol. The molecule has 118 valence electrons. The molecule has 2 saturated carbocycles. The summed E-state index contributed by atoms with van der Waals surface area (Å²) in [6.07, 6.45) is 6.26. The van der Waals surface area contributed by atoms with E-state index < -0.39 is 15.4 Å². The van der Waals surface area contributed by atoms with Gasteiger partial charge >= 0.3 is 0 Å². The Morgan fingerprint density at radius 1 is 1.38 bits per heavy atom. The van der Waals surface area contributed by atoms with Crippen LogP contribution >= 0.6 is 11.3 Å². The van der Waals surface area contributed by atoms with Gasteiger partial charge in [0.25, 0.3) is 0 Å². The van der Waals surface area contributed by atoms with Gasteiger partial charge in [-0.2, -0.15) is 0 Å². The van der Waals surface area contributed by atoms with Crippen molar-refractivity contribution >= 4 is 21.2 Å². The number of aromatic nitrogens is 1. The van der Waals surface area contributed by atoms with Crippen molar-refractivity contribution in [3.8, 4) is 0 Å². The third-order valence-corrected chi connectivity index (χ3v) is 7.35. The van der Waals surface area contributed by atoms with Crippen molar-refractivity contribution < 1.29 is 8.42 Å². The highest BCUT2D eigenvalue weighted by Crippen LogP contribution is 2.46. The van der Waals surface area contributed by atoms with Crippen molar-refractivity contribution in [2.45, 2.75) is 68.7 Å². The molecule has 0 aromatic carbocycles. The molecule has 0 radical (unpaired) electrons. The second kappa shape index (κ2) is 5.32. The van der Waals surface area contributed by atoms with Crippen LogP contribution in [0.5, 0.6) is 0 Å². The predicted molar refractivity (Wildman–Crippen MR) is 86.5 cm³/mol. The van der Waals surface area contributed by atoms with Gasteiger partial charge in [-0.3, -0.25) is 0 Å². The Morgan fingerprint density at radius 2 is 2.10 bits per heavy atom. The third kappa shape index (κ3) is 2.90. The van der Waals surface area contributed by atoms with Crippen LogP contribution in [0.15, 0.2) is 5.38 Å². The summed E-state index contributed by atoms with van der Waals surface area (Å²) in [5.74, 6) is 0.381. The molecular formula is C15H24N2O2S2. The summed E-state index contributed by atoms with van der Waals surface area (Å²) in [4.78, 5) is 4.80. The molecule has 2 unspecified atom stereocenters. The standard InChI is InChI=1S/C15H24N2O2S2/c1-10(2)12-9-20-14(16-12)15(17-11-6-7-11)8-4-5-13(15)21(3,18)19/h9-11,13,17H,4-8H2,1-3H3. The van der Waals surface area contributed by atoms with E-state index in [0.29, 0.717) is 12.0 Å². The van der Waals surface area contributed by atoms with E-state index in [1.165, 1.54) is 6.26 Å². The number of thiazole rings is 1. The van der Waals surface area contributed by atoms with E-state index in [9.17, 15) is 8.42 Å². The monoisotopic (exact) mass is 328 g/mol. The minimum atomic E-state index is -3.08. The molecule has 21 heavy (non-hydrogen) atoms. The maximum Gasteiger partial charge on any atom is 0.152 e. The van der Waals surface area contributed by atoms with Crippen LogP contribution in [0.1, 0.15) is 62.6 Å². The van der Waals surface area contributed by atoms with Crippen LogP contribution in [-0.2, 0) is 15.4 Å². The summed E-state index contributed by atoms with van der Waals surface area (Å²) in [6.45, 7) is 4.26. The summed E-state index contributed by atoms with van der Waals surface area (Å²) in [6, 6.07) is 0.471. The van der Waals surface area contributed by atoms with E-state index >= 15 is 0 Å². The lowest BCUT2D eigenvalue weighted by molar-refractivity contribution is 0.335.